The van der Waals surface area contributed by atoms with Crippen LogP contribution in [0.25, 0.3) is 11.0 Å². The number of fused-ring (bicyclic) bond motifs is 1. The third kappa shape index (κ3) is 2.59. The standard InChI is InChI=1S/C10H11N5O4/c1-14-9-6(2-13-14)10(12-5-11-9)15(3-7(16)17)4-8(18)19/h2,5H,3-4H2,1H3,(H,16,17)(H,18,19). The minimum absolute atomic E-state index is 0.239. The van der Waals surface area contributed by atoms with Gasteiger partial charge in [-0.3, -0.25) is 14.3 Å². The van der Waals surface area contributed by atoms with E-state index in [4.69, 9.17) is 10.2 Å². The molecule has 0 spiro atoms. The lowest BCUT2D eigenvalue weighted by atomic mass is 10.3. The second-order valence-electron chi connectivity index (χ2n) is 3.85. The van der Waals surface area contributed by atoms with Crippen molar-refractivity contribution in [2.45, 2.75) is 0 Å². The third-order valence-electron chi connectivity index (χ3n) is 2.46. The van der Waals surface area contributed by atoms with Crippen LogP contribution in [0.1, 0.15) is 0 Å². The van der Waals surface area contributed by atoms with Gasteiger partial charge in [0.1, 0.15) is 25.2 Å². The summed E-state index contributed by atoms with van der Waals surface area (Å²) in [5, 5.41) is 22.2. The maximum Gasteiger partial charge on any atom is 0.323 e. The first-order chi connectivity index (χ1) is 8.99. The molecule has 0 radical (unpaired) electrons. The number of hydrogen-bond acceptors (Lipinski definition) is 6. The predicted molar refractivity (Wildman–Crippen MR) is 63.8 cm³/mol. The normalized spacial score (nSPS) is 10.6. The Hall–Kier alpha value is -2.71. The largest absolute Gasteiger partial charge is 0.480 e. The van der Waals surface area contributed by atoms with Crippen LogP contribution in [0.4, 0.5) is 5.82 Å². The minimum atomic E-state index is -1.14. The molecule has 9 heteroatoms. The average Bonchev–Trinajstić information content (AvgIpc) is 2.69. The van der Waals surface area contributed by atoms with Crippen molar-refractivity contribution in [1.29, 1.82) is 0 Å². The highest BCUT2D eigenvalue weighted by atomic mass is 16.4. The number of aryl methyl sites for hydroxylation is 1. The number of anilines is 1. The van der Waals surface area contributed by atoms with Crippen LogP contribution in [0.5, 0.6) is 0 Å². The molecule has 2 N–H and O–H groups in total. The molecule has 0 saturated heterocycles. The summed E-state index contributed by atoms with van der Waals surface area (Å²) in [6.07, 6.45) is 2.72. The molecule has 0 aliphatic heterocycles. The fraction of sp³-hybridized carbons (Fsp3) is 0.300. The number of hydrogen-bond donors (Lipinski definition) is 2. The zero-order chi connectivity index (χ0) is 14.0. The summed E-state index contributed by atoms with van der Waals surface area (Å²) in [4.78, 5) is 30.7. The predicted octanol–water partition coefficient (Wildman–Crippen LogP) is -0.661. The van der Waals surface area contributed by atoms with E-state index in [-0.39, 0.29) is 5.82 Å². The fourth-order valence-corrected chi connectivity index (χ4v) is 1.73. The maximum atomic E-state index is 10.8. The number of carbonyl (C=O) groups is 2. The highest BCUT2D eigenvalue weighted by Gasteiger charge is 2.19. The number of rotatable bonds is 5. The monoisotopic (exact) mass is 265 g/mol. The van der Waals surface area contributed by atoms with Crippen LogP contribution in [0.3, 0.4) is 0 Å². The van der Waals surface area contributed by atoms with Crippen LogP contribution in [0, 0.1) is 0 Å². The minimum Gasteiger partial charge on any atom is -0.480 e. The Morgan fingerprint density at radius 1 is 1.26 bits per heavy atom. The SMILES string of the molecule is Cn1ncc2c(N(CC(=O)O)CC(=O)O)ncnc21. The van der Waals surface area contributed by atoms with Gasteiger partial charge in [0.25, 0.3) is 0 Å². The molecule has 0 saturated carbocycles. The Morgan fingerprint density at radius 2 is 1.89 bits per heavy atom. The molecule has 0 aromatic carbocycles. The van der Waals surface area contributed by atoms with Gasteiger partial charge in [-0.15, -0.1) is 0 Å². The summed E-state index contributed by atoms with van der Waals surface area (Å²) in [7, 11) is 1.68. The van der Waals surface area contributed by atoms with Crippen molar-refractivity contribution in [2.75, 3.05) is 18.0 Å². The first-order valence-corrected chi connectivity index (χ1v) is 5.30. The third-order valence-corrected chi connectivity index (χ3v) is 2.46. The van der Waals surface area contributed by atoms with Gasteiger partial charge in [0.05, 0.1) is 11.6 Å². The van der Waals surface area contributed by atoms with Crippen LogP contribution < -0.4 is 4.90 Å². The van der Waals surface area contributed by atoms with Crippen molar-refractivity contribution in [3.8, 4) is 0 Å². The number of aliphatic carboxylic acids is 2. The molecule has 0 bridgehead atoms. The molecule has 100 valence electrons. The second-order valence-corrected chi connectivity index (χ2v) is 3.85. The van der Waals surface area contributed by atoms with E-state index in [1.54, 1.807) is 7.05 Å². The molecule has 2 aromatic rings. The number of nitrogens with zero attached hydrogens (tertiary/aromatic N) is 5. The van der Waals surface area contributed by atoms with Crippen molar-refractivity contribution in [3.05, 3.63) is 12.5 Å². The molecule has 9 nitrogen and oxygen atoms in total. The van der Waals surface area contributed by atoms with Crippen molar-refractivity contribution in [2.24, 2.45) is 7.05 Å². The van der Waals surface area contributed by atoms with Crippen molar-refractivity contribution < 1.29 is 19.8 Å². The Morgan fingerprint density at radius 3 is 2.47 bits per heavy atom. The number of aromatic nitrogens is 4. The second kappa shape index (κ2) is 4.88. The highest BCUT2D eigenvalue weighted by Crippen LogP contribution is 2.21. The molecule has 0 aliphatic carbocycles. The van der Waals surface area contributed by atoms with Gasteiger partial charge >= 0.3 is 11.9 Å². The van der Waals surface area contributed by atoms with Gasteiger partial charge in [-0.1, -0.05) is 0 Å². The van der Waals surface area contributed by atoms with E-state index < -0.39 is 25.0 Å². The van der Waals surface area contributed by atoms with E-state index in [0.29, 0.717) is 11.0 Å². The molecule has 2 rings (SSSR count). The lowest BCUT2D eigenvalue weighted by Gasteiger charge is -2.19. The molecule has 2 heterocycles. The zero-order valence-corrected chi connectivity index (χ0v) is 10.0. The Bertz CT molecular complexity index is 622. The summed E-state index contributed by atoms with van der Waals surface area (Å²) in [6.45, 7) is -0.930. The van der Waals surface area contributed by atoms with Gasteiger partial charge in [-0.05, 0) is 0 Å². The Balaban J connectivity index is 2.48. The topological polar surface area (TPSA) is 121 Å². The molecule has 2 aromatic heterocycles. The molecule has 19 heavy (non-hydrogen) atoms. The van der Waals surface area contributed by atoms with Crippen LogP contribution in [-0.2, 0) is 16.6 Å². The summed E-state index contributed by atoms with van der Waals surface area (Å²) < 4.78 is 1.50. The van der Waals surface area contributed by atoms with Gasteiger partial charge in [-0.2, -0.15) is 5.10 Å². The van der Waals surface area contributed by atoms with E-state index in [9.17, 15) is 9.59 Å². The average molecular weight is 265 g/mol. The number of carboxylic acid groups (broad SMARTS) is 2. The fourth-order valence-electron chi connectivity index (χ4n) is 1.73. The summed E-state index contributed by atoms with van der Waals surface area (Å²) in [6, 6.07) is 0. The number of carboxylic acids is 2. The molecule has 0 atom stereocenters. The molecular weight excluding hydrogens is 254 g/mol. The van der Waals surface area contributed by atoms with Crippen molar-refractivity contribution in [3.63, 3.8) is 0 Å². The van der Waals surface area contributed by atoms with Crippen molar-refractivity contribution in [1.82, 2.24) is 19.7 Å². The first-order valence-electron chi connectivity index (χ1n) is 5.30. The highest BCUT2D eigenvalue weighted by molar-refractivity contribution is 5.90. The lowest BCUT2D eigenvalue weighted by Crippen LogP contribution is -2.35. The summed E-state index contributed by atoms with van der Waals surface area (Å²) in [5.74, 6) is -2.04. The van der Waals surface area contributed by atoms with E-state index in [1.165, 1.54) is 17.2 Å². The Labute approximate surface area is 107 Å². The van der Waals surface area contributed by atoms with Gasteiger partial charge in [0.2, 0.25) is 0 Å². The van der Waals surface area contributed by atoms with E-state index in [2.05, 4.69) is 15.1 Å². The van der Waals surface area contributed by atoms with Gasteiger partial charge < -0.3 is 15.1 Å². The molecule has 0 fully saturated rings. The lowest BCUT2D eigenvalue weighted by molar-refractivity contribution is -0.136. The van der Waals surface area contributed by atoms with Gasteiger partial charge in [0.15, 0.2) is 5.65 Å². The smallest absolute Gasteiger partial charge is 0.323 e. The van der Waals surface area contributed by atoms with Gasteiger partial charge in [0, 0.05) is 7.05 Å². The molecular formula is C10H11N5O4. The van der Waals surface area contributed by atoms with Crippen LogP contribution in [0.15, 0.2) is 12.5 Å². The Kier molecular flexibility index (Phi) is 3.27. The summed E-state index contributed by atoms with van der Waals surface area (Å²) in [5.41, 5.74) is 0.505. The van der Waals surface area contributed by atoms with Crippen LogP contribution >= 0.6 is 0 Å². The zero-order valence-electron chi connectivity index (χ0n) is 10.0. The summed E-state index contributed by atoms with van der Waals surface area (Å²) >= 11 is 0. The van der Waals surface area contributed by atoms with Crippen LogP contribution in [0.2, 0.25) is 0 Å². The first kappa shape index (κ1) is 12.7. The molecule has 0 unspecified atom stereocenters. The molecule has 0 aliphatic rings. The maximum absolute atomic E-state index is 10.8. The van der Waals surface area contributed by atoms with Crippen molar-refractivity contribution >= 4 is 28.8 Å². The van der Waals surface area contributed by atoms with Crippen LogP contribution in [-0.4, -0.2) is 55.0 Å². The quantitative estimate of drug-likeness (QED) is 0.730. The van der Waals surface area contributed by atoms with Gasteiger partial charge in [-0.25, -0.2) is 9.97 Å². The van der Waals surface area contributed by atoms with E-state index in [0.717, 1.165) is 4.90 Å². The molecule has 0 amide bonds. The van der Waals surface area contributed by atoms with E-state index in [1.807, 2.05) is 0 Å². The van der Waals surface area contributed by atoms with E-state index >= 15 is 0 Å².